The fourth-order valence-electron chi connectivity index (χ4n) is 7.05. The van der Waals surface area contributed by atoms with Crippen LogP contribution < -0.4 is 5.01 Å². The number of carbonyl (C=O) groups is 4. The highest BCUT2D eigenvalue weighted by Gasteiger charge is 2.76. The largest absolute Gasteiger partial charge is 0.505 e. The number of amides is 4. The molecule has 238 valence electrons. The van der Waals surface area contributed by atoms with Crippen molar-refractivity contribution in [2.75, 3.05) is 17.5 Å². The van der Waals surface area contributed by atoms with Crippen LogP contribution in [0.3, 0.4) is 0 Å². The van der Waals surface area contributed by atoms with Gasteiger partial charge >= 0.3 is 6.18 Å². The lowest BCUT2D eigenvalue weighted by Crippen LogP contribution is -2.60. The van der Waals surface area contributed by atoms with E-state index in [0.29, 0.717) is 11.1 Å². The molecule has 1 saturated carbocycles. The lowest BCUT2D eigenvalue weighted by atomic mass is 9.56. The molecule has 6 unspecified atom stereocenters. The Morgan fingerprint density at radius 2 is 1.78 bits per heavy atom. The van der Waals surface area contributed by atoms with Gasteiger partial charge in [0.05, 0.1) is 22.3 Å². The van der Waals surface area contributed by atoms with E-state index in [1.807, 2.05) is 0 Å². The highest BCUT2D eigenvalue weighted by atomic mass is 79.9. The Morgan fingerprint density at radius 3 is 2.42 bits per heavy atom. The van der Waals surface area contributed by atoms with Gasteiger partial charge in [0.1, 0.15) is 5.69 Å². The normalized spacial score (nSPS) is 31.2. The second-order valence-electron chi connectivity index (χ2n) is 11.2. The highest BCUT2D eigenvalue weighted by Crippen LogP contribution is 2.66. The molecule has 3 heterocycles. The summed E-state index contributed by atoms with van der Waals surface area (Å²) in [6.45, 7) is 0. The monoisotopic (exact) mass is 752 g/mol. The van der Waals surface area contributed by atoms with Crippen LogP contribution in [0.5, 0.6) is 5.75 Å². The first-order chi connectivity index (χ1) is 21.0. The number of halogens is 8. The van der Waals surface area contributed by atoms with E-state index in [1.165, 1.54) is 12.1 Å². The average molecular weight is 755 g/mol. The van der Waals surface area contributed by atoms with E-state index in [4.69, 9.17) is 34.8 Å². The Kier molecular flexibility index (Phi) is 7.50. The van der Waals surface area contributed by atoms with Crippen molar-refractivity contribution in [2.24, 2.45) is 17.8 Å². The summed E-state index contributed by atoms with van der Waals surface area (Å²) in [6.07, 6.45) is -3.78. The fourth-order valence-corrected chi connectivity index (χ4v) is 8.70. The first-order valence-electron chi connectivity index (χ1n) is 13.3. The molecule has 2 saturated heterocycles. The SMILES string of the molecule is CN(c1nc(C(F)(F)F)ccc1Cl)N1C(=O)C2CC=C3C(CC4(Cl)C(=O)N(CBr)C(=O)C4(Cl)C3c3cccc(F)c3O)C2C1=O. The molecule has 0 radical (unpaired) electrons. The van der Waals surface area contributed by atoms with E-state index in [2.05, 4.69) is 20.9 Å². The van der Waals surface area contributed by atoms with Crippen molar-refractivity contribution in [1.29, 1.82) is 0 Å². The molecule has 2 aromatic rings. The number of carbonyl (C=O) groups excluding carboxylic acids is 4. The van der Waals surface area contributed by atoms with E-state index >= 15 is 0 Å². The van der Waals surface area contributed by atoms with Crippen LogP contribution in [-0.2, 0) is 25.4 Å². The number of aromatic nitrogens is 1. The fraction of sp³-hybridized carbons (Fsp3) is 0.393. The van der Waals surface area contributed by atoms with Gasteiger partial charge in [-0.2, -0.15) is 18.2 Å². The van der Waals surface area contributed by atoms with Crippen LogP contribution in [0.2, 0.25) is 5.02 Å². The van der Waals surface area contributed by atoms with E-state index in [1.54, 1.807) is 6.08 Å². The molecule has 6 atom stereocenters. The van der Waals surface area contributed by atoms with Gasteiger partial charge in [0.15, 0.2) is 27.1 Å². The van der Waals surface area contributed by atoms with Crippen LogP contribution in [0.25, 0.3) is 0 Å². The number of likely N-dealkylation sites (tertiary alicyclic amines) is 1. The number of pyridine rings is 1. The molecule has 17 heteroatoms. The molecular formula is C28H20BrCl3F4N4O5. The number of imide groups is 2. The summed E-state index contributed by atoms with van der Waals surface area (Å²) in [6, 6.07) is 5.16. The maximum Gasteiger partial charge on any atom is 0.433 e. The van der Waals surface area contributed by atoms with Crippen molar-refractivity contribution in [3.63, 3.8) is 0 Å². The van der Waals surface area contributed by atoms with Crippen molar-refractivity contribution in [2.45, 2.75) is 34.7 Å². The Labute approximate surface area is 275 Å². The minimum absolute atomic E-state index is 0.0890. The number of allylic oxidation sites excluding steroid dienone is 2. The van der Waals surface area contributed by atoms with Crippen molar-refractivity contribution < 1.29 is 41.8 Å². The molecule has 9 nitrogen and oxygen atoms in total. The Hall–Kier alpha value is -2.94. The van der Waals surface area contributed by atoms with Crippen molar-refractivity contribution in [1.82, 2.24) is 14.9 Å². The molecule has 4 aliphatic rings. The number of hydrazine groups is 1. The molecule has 6 rings (SSSR count). The minimum Gasteiger partial charge on any atom is -0.505 e. The topological polar surface area (TPSA) is 111 Å². The zero-order valence-corrected chi connectivity index (χ0v) is 26.6. The number of nitrogens with zero attached hydrogens (tertiary/aromatic N) is 4. The zero-order chi connectivity index (χ0) is 33.0. The smallest absolute Gasteiger partial charge is 0.433 e. The number of phenolic OH excluding ortho intramolecular Hbond substituents is 1. The van der Waals surface area contributed by atoms with E-state index in [0.717, 1.165) is 29.1 Å². The molecule has 1 aromatic carbocycles. The average Bonchev–Trinajstić information content (AvgIpc) is 3.31. The number of anilines is 1. The van der Waals surface area contributed by atoms with Gasteiger partial charge in [0.2, 0.25) is 0 Å². The van der Waals surface area contributed by atoms with Gasteiger partial charge in [-0.1, -0.05) is 51.3 Å². The number of hydrogen-bond acceptors (Lipinski definition) is 7. The number of hydrogen-bond donors (Lipinski definition) is 1. The van der Waals surface area contributed by atoms with Gasteiger partial charge in [0.25, 0.3) is 23.6 Å². The Morgan fingerprint density at radius 1 is 1.09 bits per heavy atom. The summed E-state index contributed by atoms with van der Waals surface area (Å²) >= 11 is 23.4. The number of aromatic hydroxyl groups is 1. The molecule has 45 heavy (non-hydrogen) atoms. The zero-order valence-electron chi connectivity index (χ0n) is 22.8. The van der Waals surface area contributed by atoms with Crippen LogP contribution in [-0.4, -0.2) is 65.9 Å². The number of alkyl halides is 6. The van der Waals surface area contributed by atoms with Crippen molar-refractivity contribution in [3.05, 3.63) is 64.1 Å². The summed E-state index contributed by atoms with van der Waals surface area (Å²) in [5.41, 5.74) is -1.47. The first kappa shape index (κ1) is 32.0. The number of benzene rings is 1. The summed E-state index contributed by atoms with van der Waals surface area (Å²) < 4.78 is 55.0. The Balaban J connectivity index is 1.48. The van der Waals surface area contributed by atoms with Crippen LogP contribution >= 0.6 is 50.7 Å². The highest BCUT2D eigenvalue weighted by molar-refractivity contribution is 9.09. The Bertz CT molecular complexity index is 1730. The summed E-state index contributed by atoms with van der Waals surface area (Å²) in [5.74, 6) is -10.5. The number of phenols is 1. The second-order valence-corrected chi connectivity index (χ2v) is 13.3. The van der Waals surface area contributed by atoms with Gasteiger partial charge < -0.3 is 5.11 Å². The van der Waals surface area contributed by atoms with Crippen LogP contribution in [0, 0.1) is 23.6 Å². The number of para-hydroxylation sites is 1. The molecule has 1 aromatic heterocycles. The van der Waals surface area contributed by atoms with Crippen LogP contribution in [0.15, 0.2) is 42.0 Å². The van der Waals surface area contributed by atoms with Crippen molar-refractivity contribution in [3.8, 4) is 5.75 Å². The predicted molar refractivity (Wildman–Crippen MR) is 156 cm³/mol. The molecule has 4 amide bonds. The number of fused-ring (bicyclic) bond motifs is 4. The molecular weight excluding hydrogens is 735 g/mol. The first-order valence-corrected chi connectivity index (χ1v) is 15.6. The van der Waals surface area contributed by atoms with Crippen molar-refractivity contribution >= 4 is 80.2 Å². The van der Waals surface area contributed by atoms with Crippen LogP contribution in [0.4, 0.5) is 23.4 Å². The maximum absolute atomic E-state index is 14.7. The lowest BCUT2D eigenvalue weighted by molar-refractivity contribution is -0.142. The third-order valence-corrected chi connectivity index (χ3v) is 11.3. The van der Waals surface area contributed by atoms with Gasteiger partial charge in [-0.05, 0) is 37.0 Å². The van der Waals surface area contributed by atoms with Gasteiger partial charge in [-0.3, -0.25) is 29.1 Å². The maximum atomic E-state index is 14.7. The second kappa shape index (κ2) is 10.5. The predicted octanol–water partition coefficient (Wildman–Crippen LogP) is 5.36. The summed E-state index contributed by atoms with van der Waals surface area (Å²) in [4.78, 5) is 55.1. The van der Waals surface area contributed by atoms with E-state index in [-0.39, 0.29) is 28.0 Å². The molecule has 2 aliphatic carbocycles. The molecule has 3 fully saturated rings. The minimum atomic E-state index is -4.84. The molecule has 0 bridgehead atoms. The molecule has 1 N–H and O–H groups in total. The third-order valence-electron chi connectivity index (χ3n) is 9.05. The quantitative estimate of drug-likeness (QED) is 0.147. The van der Waals surface area contributed by atoms with E-state index in [9.17, 15) is 41.8 Å². The van der Waals surface area contributed by atoms with E-state index < -0.39 is 92.7 Å². The number of rotatable bonds is 4. The molecule has 2 aliphatic heterocycles. The summed E-state index contributed by atoms with van der Waals surface area (Å²) in [5, 5.41) is 12.0. The van der Waals surface area contributed by atoms with Gasteiger partial charge in [-0.25, -0.2) is 9.37 Å². The lowest BCUT2D eigenvalue weighted by Gasteiger charge is -2.50. The third kappa shape index (κ3) is 4.27. The van der Waals surface area contributed by atoms with Gasteiger partial charge in [-0.15, -0.1) is 23.2 Å². The summed E-state index contributed by atoms with van der Waals surface area (Å²) in [7, 11) is 1.16. The molecule has 0 spiro atoms. The van der Waals surface area contributed by atoms with Crippen LogP contribution in [0.1, 0.15) is 30.0 Å². The van der Waals surface area contributed by atoms with Gasteiger partial charge in [0, 0.05) is 18.5 Å². The standard InChI is InChI=1S/C28H20BrCl3F4N4O5/c1-38(21-15(30)7-8-17(37-21)28(34,35)36)40-22(42)12-6-5-11-14(18(12)23(40)43)9-26(31)24(44)39(10-29)25(45)27(26,32)19(11)13-3-2-4-16(33)20(13)41/h2-5,7-8,12,14,18-19,41H,6,9-10H2,1H3.